The summed E-state index contributed by atoms with van der Waals surface area (Å²) in [5.41, 5.74) is 3.03. The fourth-order valence-corrected chi connectivity index (χ4v) is 2.95. The Morgan fingerprint density at radius 3 is 2.71 bits per heavy atom. The quantitative estimate of drug-likeness (QED) is 0.489. The first-order valence-electron chi connectivity index (χ1n) is 7.28. The van der Waals surface area contributed by atoms with Crippen LogP contribution in [0.25, 0.3) is 22.5 Å². The van der Waals surface area contributed by atoms with Gasteiger partial charge in [-0.3, -0.25) is 4.98 Å². The van der Waals surface area contributed by atoms with Gasteiger partial charge in [-0.25, -0.2) is 4.98 Å². The van der Waals surface area contributed by atoms with E-state index in [0.717, 1.165) is 25.9 Å². The SMILES string of the molecule is Cc1noc2nc(-c3cccc(I)c3)nc(Nc3ccncc3)c12. The van der Waals surface area contributed by atoms with Crippen molar-refractivity contribution < 1.29 is 4.52 Å². The summed E-state index contributed by atoms with van der Waals surface area (Å²) >= 11 is 2.27. The van der Waals surface area contributed by atoms with Crippen LogP contribution in [0.15, 0.2) is 53.3 Å². The second kappa shape index (κ2) is 6.16. The van der Waals surface area contributed by atoms with Gasteiger partial charge >= 0.3 is 0 Å². The molecule has 3 heterocycles. The highest BCUT2D eigenvalue weighted by atomic mass is 127. The number of rotatable bonds is 3. The van der Waals surface area contributed by atoms with E-state index < -0.39 is 0 Å². The van der Waals surface area contributed by atoms with Crippen LogP contribution in [0.3, 0.4) is 0 Å². The van der Waals surface area contributed by atoms with Gasteiger partial charge < -0.3 is 9.84 Å². The van der Waals surface area contributed by atoms with Gasteiger partial charge in [-0.1, -0.05) is 17.3 Å². The van der Waals surface area contributed by atoms with E-state index in [4.69, 9.17) is 9.51 Å². The molecule has 0 unspecified atom stereocenters. The number of hydrogen-bond donors (Lipinski definition) is 1. The standard InChI is InChI=1S/C17H12IN5O/c1-10-14-16(20-13-5-7-19-8-6-13)21-15(22-17(14)24-23-10)11-3-2-4-12(18)9-11/h2-9H,1H3,(H,19,20,21,22). The summed E-state index contributed by atoms with van der Waals surface area (Å²) in [6.07, 6.45) is 3.45. The second-order valence-corrected chi connectivity index (χ2v) is 6.46. The van der Waals surface area contributed by atoms with E-state index in [1.165, 1.54) is 0 Å². The Balaban J connectivity index is 1.88. The number of nitrogens with zero attached hydrogens (tertiary/aromatic N) is 4. The molecule has 0 saturated carbocycles. The van der Waals surface area contributed by atoms with Crippen LogP contribution in [-0.2, 0) is 0 Å². The van der Waals surface area contributed by atoms with Gasteiger partial charge in [-0.05, 0) is 53.8 Å². The molecule has 0 amide bonds. The first-order valence-corrected chi connectivity index (χ1v) is 8.35. The van der Waals surface area contributed by atoms with E-state index in [1.54, 1.807) is 12.4 Å². The minimum atomic E-state index is 0.466. The van der Waals surface area contributed by atoms with Crippen molar-refractivity contribution in [3.63, 3.8) is 0 Å². The van der Waals surface area contributed by atoms with Crippen molar-refractivity contribution in [2.45, 2.75) is 6.92 Å². The summed E-state index contributed by atoms with van der Waals surface area (Å²) in [7, 11) is 0. The summed E-state index contributed by atoms with van der Waals surface area (Å²) in [4.78, 5) is 13.2. The number of fused-ring (bicyclic) bond motifs is 1. The molecule has 0 aliphatic carbocycles. The van der Waals surface area contributed by atoms with Gasteiger partial charge in [-0.2, -0.15) is 4.98 Å². The molecule has 0 aliphatic rings. The summed E-state index contributed by atoms with van der Waals surface area (Å²) in [6.45, 7) is 1.87. The average Bonchev–Trinajstić information content (AvgIpc) is 2.97. The zero-order valence-electron chi connectivity index (χ0n) is 12.7. The molecule has 7 heteroatoms. The number of nitrogens with one attached hydrogen (secondary N) is 1. The lowest BCUT2D eigenvalue weighted by atomic mass is 10.2. The van der Waals surface area contributed by atoms with E-state index in [9.17, 15) is 0 Å². The van der Waals surface area contributed by atoms with Crippen LogP contribution in [0, 0.1) is 10.5 Å². The lowest BCUT2D eigenvalue weighted by Crippen LogP contribution is -1.99. The lowest BCUT2D eigenvalue weighted by Gasteiger charge is -2.08. The van der Waals surface area contributed by atoms with E-state index in [2.05, 4.69) is 43.0 Å². The van der Waals surface area contributed by atoms with Gasteiger partial charge in [-0.15, -0.1) is 0 Å². The number of hydrogen-bond acceptors (Lipinski definition) is 6. The van der Waals surface area contributed by atoms with Gasteiger partial charge in [0.05, 0.1) is 5.69 Å². The average molecular weight is 429 g/mol. The van der Waals surface area contributed by atoms with E-state index >= 15 is 0 Å². The molecule has 0 saturated heterocycles. The fraction of sp³-hybridized carbons (Fsp3) is 0.0588. The Labute approximate surface area is 151 Å². The van der Waals surface area contributed by atoms with Crippen molar-refractivity contribution >= 4 is 45.2 Å². The number of pyridine rings is 1. The molecule has 0 radical (unpaired) electrons. The van der Waals surface area contributed by atoms with E-state index in [1.807, 2.05) is 43.3 Å². The minimum Gasteiger partial charge on any atom is -0.339 e. The highest BCUT2D eigenvalue weighted by Crippen LogP contribution is 2.29. The molecule has 1 aromatic carbocycles. The van der Waals surface area contributed by atoms with Gasteiger partial charge in [0.15, 0.2) is 5.82 Å². The molecule has 24 heavy (non-hydrogen) atoms. The normalized spacial score (nSPS) is 10.9. The summed E-state index contributed by atoms with van der Waals surface area (Å²) in [5.74, 6) is 1.26. The van der Waals surface area contributed by atoms with E-state index in [0.29, 0.717) is 17.4 Å². The van der Waals surface area contributed by atoms with Crippen molar-refractivity contribution in [2.75, 3.05) is 5.32 Å². The Morgan fingerprint density at radius 1 is 1.08 bits per heavy atom. The number of aryl methyl sites for hydroxylation is 1. The molecule has 0 fully saturated rings. The molecule has 0 bridgehead atoms. The Morgan fingerprint density at radius 2 is 1.92 bits per heavy atom. The fourth-order valence-electron chi connectivity index (χ4n) is 2.41. The number of benzene rings is 1. The highest BCUT2D eigenvalue weighted by molar-refractivity contribution is 14.1. The molecular formula is C17H12IN5O. The summed E-state index contributed by atoms with van der Waals surface area (Å²) in [5, 5.41) is 8.10. The smallest absolute Gasteiger partial charge is 0.263 e. The van der Waals surface area contributed by atoms with Crippen LogP contribution in [0.1, 0.15) is 5.69 Å². The molecule has 6 nitrogen and oxygen atoms in total. The molecule has 1 N–H and O–H groups in total. The first kappa shape index (κ1) is 15.0. The lowest BCUT2D eigenvalue weighted by molar-refractivity contribution is 0.443. The molecule has 118 valence electrons. The molecule has 3 aromatic heterocycles. The molecule has 4 rings (SSSR count). The second-order valence-electron chi connectivity index (χ2n) is 5.22. The van der Waals surface area contributed by atoms with Crippen molar-refractivity contribution in [2.24, 2.45) is 0 Å². The largest absolute Gasteiger partial charge is 0.339 e. The Bertz CT molecular complexity index is 1020. The number of anilines is 2. The zero-order chi connectivity index (χ0) is 16.5. The molecule has 0 atom stereocenters. The van der Waals surface area contributed by atoms with Crippen LogP contribution in [0.2, 0.25) is 0 Å². The molecule has 0 spiro atoms. The third-order valence-corrected chi connectivity index (χ3v) is 4.20. The summed E-state index contributed by atoms with van der Waals surface area (Å²) < 4.78 is 6.48. The van der Waals surface area contributed by atoms with Gasteiger partial charge in [0.1, 0.15) is 11.2 Å². The predicted octanol–water partition coefficient (Wildman–Crippen LogP) is 4.34. The van der Waals surface area contributed by atoms with Crippen LogP contribution in [0.4, 0.5) is 11.5 Å². The van der Waals surface area contributed by atoms with Crippen LogP contribution >= 0.6 is 22.6 Å². The van der Waals surface area contributed by atoms with Crippen LogP contribution < -0.4 is 5.32 Å². The van der Waals surface area contributed by atoms with Gasteiger partial charge in [0.2, 0.25) is 0 Å². The zero-order valence-corrected chi connectivity index (χ0v) is 14.9. The molecule has 0 aliphatic heterocycles. The predicted molar refractivity (Wildman–Crippen MR) is 100 cm³/mol. The van der Waals surface area contributed by atoms with Crippen molar-refractivity contribution in [1.29, 1.82) is 0 Å². The maximum absolute atomic E-state index is 5.36. The van der Waals surface area contributed by atoms with Crippen molar-refractivity contribution in [1.82, 2.24) is 20.1 Å². The first-order chi connectivity index (χ1) is 11.7. The van der Waals surface area contributed by atoms with Crippen LogP contribution in [-0.4, -0.2) is 20.1 Å². The number of aromatic nitrogens is 4. The molecular weight excluding hydrogens is 417 g/mol. The topological polar surface area (TPSA) is 76.7 Å². The number of halogens is 1. The highest BCUT2D eigenvalue weighted by Gasteiger charge is 2.16. The summed E-state index contributed by atoms with van der Waals surface area (Å²) in [6, 6.07) is 11.8. The third kappa shape index (κ3) is 2.82. The Kier molecular flexibility index (Phi) is 3.85. The van der Waals surface area contributed by atoms with Gasteiger partial charge in [0.25, 0.3) is 5.71 Å². The van der Waals surface area contributed by atoms with Gasteiger partial charge in [0, 0.05) is 27.2 Å². The monoisotopic (exact) mass is 429 g/mol. The maximum atomic E-state index is 5.36. The molecule has 4 aromatic rings. The van der Waals surface area contributed by atoms with Crippen molar-refractivity contribution in [3.8, 4) is 11.4 Å². The minimum absolute atomic E-state index is 0.466. The van der Waals surface area contributed by atoms with Crippen molar-refractivity contribution in [3.05, 3.63) is 58.1 Å². The third-order valence-electron chi connectivity index (χ3n) is 3.53. The Hall–Kier alpha value is -2.55. The maximum Gasteiger partial charge on any atom is 0.263 e. The van der Waals surface area contributed by atoms with Crippen LogP contribution in [0.5, 0.6) is 0 Å². The van der Waals surface area contributed by atoms with E-state index in [-0.39, 0.29) is 0 Å².